The average molecular weight is 296 g/mol. The van der Waals surface area contributed by atoms with Crippen LogP contribution in [0.2, 0.25) is 0 Å². The van der Waals surface area contributed by atoms with Crippen molar-refractivity contribution in [2.24, 2.45) is 5.73 Å². The van der Waals surface area contributed by atoms with E-state index in [-0.39, 0.29) is 0 Å². The van der Waals surface area contributed by atoms with Crippen LogP contribution in [0.4, 0.5) is 0 Å². The summed E-state index contributed by atoms with van der Waals surface area (Å²) in [5, 5.41) is 0. The van der Waals surface area contributed by atoms with E-state index in [1.165, 1.54) is 96.9 Å². The van der Waals surface area contributed by atoms with E-state index < -0.39 is 0 Å². The van der Waals surface area contributed by atoms with Crippen molar-refractivity contribution in [3.8, 4) is 0 Å². The lowest BCUT2D eigenvalue weighted by Crippen LogP contribution is -2.55. The van der Waals surface area contributed by atoms with Gasteiger partial charge in [0.2, 0.25) is 0 Å². The molecule has 0 aromatic rings. The lowest BCUT2D eigenvalue weighted by molar-refractivity contribution is 0.0797. The molecule has 2 atom stereocenters. The summed E-state index contributed by atoms with van der Waals surface area (Å²) in [6.45, 7) is 8.40. The lowest BCUT2D eigenvalue weighted by Gasteiger charge is -2.41. The van der Waals surface area contributed by atoms with Crippen LogP contribution in [0.25, 0.3) is 0 Å². The number of hydrogen-bond donors (Lipinski definition) is 1. The van der Waals surface area contributed by atoms with Crippen LogP contribution in [0.5, 0.6) is 0 Å². The molecule has 1 aliphatic heterocycles. The number of nitrogens with zero attached hydrogens (tertiary/aromatic N) is 2. The van der Waals surface area contributed by atoms with Crippen LogP contribution in [-0.2, 0) is 0 Å². The van der Waals surface area contributed by atoms with E-state index in [1.807, 2.05) is 0 Å². The Balaban J connectivity index is 1.86. The summed E-state index contributed by atoms with van der Waals surface area (Å²) in [6.07, 6.45) is 13.8. The first-order valence-corrected chi connectivity index (χ1v) is 9.53. The Morgan fingerprint density at radius 2 is 1.29 bits per heavy atom. The van der Waals surface area contributed by atoms with Crippen LogP contribution in [0, 0.1) is 0 Å². The molecule has 3 nitrogen and oxygen atoms in total. The Morgan fingerprint density at radius 1 is 0.762 bits per heavy atom. The van der Waals surface area contributed by atoms with Crippen LogP contribution >= 0.6 is 0 Å². The van der Waals surface area contributed by atoms with Crippen molar-refractivity contribution in [1.29, 1.82) is 0 Å². The van der Waals surface area contributed by atoms with Gasteiger partial charge in [0.05, 0.1) is 0 Å². The van der Waals surface area contributed by atoms with E-state index in [9.17, 15) is 0 Å². The average Bonchev–Trinajstić information content (AvgIpc) is 2.51. The molecular weight excluding hydrogens is 258 g/mol. The predicted molar refractivity (Wildman–Crippen MR) is 91.6 cm³/mol. The third kappa shape index (κ3) is 5.88. The van der Waals surface area contributed by atoms with Crippen molar-refractivity contribution < 1.29 is 0 Å². The van der Waals surface area contributed by atoms with Gasteiger partial charge in [-0.1, -0.05) is 58.3 Å². The first kappa shape index (κ1) is 17.2. The van der Waals surface area contributed by atoms with Crippen LogP contribution in [0.15, 0.2) is 0 Å². The topological polar surface area (TPSA) is 32.5 Å². The Bertz CT molecular complexity index is 261. The highest BCUT2D eigenvalue weighted by molar-refractivity contribution is 4.85. The van der Waals surface area contributed by atoms with Gasteiger partial charge in [-0.2, -0.15) is 0 Å². The monoisotopic (exact) mass is 295 g/mol. The molecule has 0 bridgehead atoms. The molecule has 1 saturated heterocycles. The molecule has 1 saturated carbocycles. The first-order valence-electron chi connectivity index (χ1n) is 9.53. The van der Waals surface area contributed by atoms with Crippen molar-refractivity contribution in [1.82, 2.24) is 9.80 Å². The fourth-order valence-corrected chi connectivity index (χ4v) is 4.07. The van der Waals surface area contributed by atoms with Crippen molar-refractivity contribution in [2.45, 2.75) is 83.2 Å². The second kappa shape index (κ2) is 9.81. The molecule has 2 N–H and O–H groups in total. The van der Waals surface area contributed by atoms with Gasteiger partial charge in [0, 0.05) is 38.3 Å². The standard InChI is InChI=1S/C18H37N3/c1-2-20-13-15-21(16-14-20)18-12-10-8-6-4-3-5-7-9-11-17(18)19/h17-18H,2-16,19H2,1H3. The smallest absolute Gasteiger partial charge is 0.0248 e. The van der Waals surface area contributed by atoms with Crippen molar-refractivity contribution in [3.63, 3.8) is 0 Å². The molecule has 3 heteroatoms. The molecule has 1 heterocycles. The van der Waals surface area contributed by atoms with Gasteiger partial charge in [-0.3, -0.25) is 4.90 Å². The van der Waals surface area contributed by atoms with Gasteiger partial charge in [-0.05, 0) is 19.4 Å². The molecular formula is C18H37N3. The molecule has 2 unspecified atom stereocenters. The third-order valence-corrected chi connectivity index (χ3v) is 5.60. The fourth-order valence-electron chi connectivity index (χ4n) is 4.07. The van der Waals surface area contributed by atoms with Crippen LogP contribution in [-0.4, -0.2) is 54.6 Å². The molecule has 2 fully saturated rings. The predicted octanol–water partition coefficient (Wildman–Crippen LogP) is 3.23. The molecule has 21 heavy (non-hydrogen) atoms. The summed E-state index contributed by atoms with van der Waals surface area (Å²) >= 11 is 0. The van der Waals surface area contributed by atoms with Gasteiger partial charge in [-0.15, -0.1) is 0 Å². The summed E-state index contributed by atoms with van der Waals surface area (Å²) in [4.78, 5) is 5.28. The molecule has 0 aromatic carbocycles. The highest BCUT2D eigenvalue weighted by Gasteiger charge is 2.27. The summed E-state index contributed by atoms with van der Waals surface area (Å²) in [5.74, 6) is 0. The van der Waals surface area contributed by atoms with E-state index in [0.29, 0.717) is 12.1 Å². The van der Waals surface area contributed by atoms with Gasteiger partial charge in [-0.25, -0.2) is 0 Å². The normalized spacial score (nSPS) is 32.3. The number of hydrogen-bond acceptors (Lipinski definition) is 3. The van der Waals surface area contributed by atoms with E-state index in [1.54, 1.807) is 0 Å². The zero-order chi connectivity index (χ0) is 14.9. The molecule has 2 aliphatic rings. The van der Waals surface area contributed by atoms with Crippen LogP contribution in [0.1, 0.15) is 71.1 Å². The Labute approximate surface area is 132 Å². The second-order valence-corrected chi connectivity index (χ2v) is 7.11. The number of nitrogens with two attached hydrogens (primary N) is 1. The highest BCUT2D eigenvalue weighted by Crippen LogP contribution is 2.21. The Kier molecular flexibility index (Phi) is 8.05. The van der Waals surface area contributed by atoms with Gasteiger partial charge in [0.15, 0.2) is 0 Å². The number of likely N-dealkylation sites (N-methyl/N-ethyl adjacent to an activating group) is 1. The van der Waals surface area contributed by atoms with E-state index in [2.05, 4.69) is 16.7 Å². The summed E-state index contributed by atoms with van der Waals surface area (Å²) in [6, 6.07) is 1.04. The Morgan fingerprint density at radius 3 is 1.86 bits per heavy atom. The molecule has 0 aromatic heterocycles. The summed E-state index contributed by atoms with van der Waals surface area (Å²) in [5.41, 5.74) is 6.60. The highest BCUT2D eigenvalue weighted by atomic mass is 15.3. The summed E-state index contributed by atoms with van der Waals surface area (Å²) < 4.78 is 0. The largest absolute Gasteiger partial charge is 0.326 e. The maximum absolute atomic E-state index is 6.60. The third-order valence-electron chi connectivity index (χ3n) is 5.60. The van der Waals surface area contributed by atoms with Crippen LogP contribution < -0.4 is 5.73 Å². The van der Waals surface area contributed by atoms with Crippen LogP contribution in [0.3, 0.4) is 0 Å². The minimum absolute atomic E-state index is 0.401. The fraction of sp³-hybridized carbons (Fsp3) is 1.00. The van der Waals surface area contributed by atoms with Gasteiger partial charge in [0.1, 0.15) is 0 Å². The molecule has 0 amide bonds. The zero-order valence-electron chi connectivity index (χ0n) is 14.2. The molecule has 124 valence electrons. The second-order valence-electron chi connectivity index (χ2n) is 7.11. The maximum Gasteiger partial charge on any atom is 0.0248 e. The van der Waals surface area contributed by atoms with Crippen molar-refractivity contribution in [3.05, 3.63) is 0 Å². The van der Waals surface area contributed by atoms with Crippen molar-refractivity contribution in [2.75, 3.05) is 32.7 Å². The molecule has 1 aliphatic carbocycles. The lowest BCUT2D eigenvalue weighted by atomic mass is 9.93. The van der Waals surface area contributed by atoms with Gasteiger partial charge >= 0.3 is 0 Å². The molecule has 0 spiro atoms. The number of rotatable bonds is 2. The summed E-state index contributed by atoms with van der Waals surface area (Å²) in [7, 11) is 0. The quantitative estimate of drug-likeness (QED) is 0.849. The minimum Gasteiger partial charge on any atom is -0.326 e. The van der Waals surface area contributed by atoms with Crippen molar-refractivity contribution >= 4 is 0 Å². The SMILES string of the molecule is CCN1CCN(C2CCCCCCCCCCC2N)CC1. The maximum atomic E-state index is 6.60. The molecule has 0 radical (unpaired) electrons. The first-order chi connectivity index (χ1) is 10.3. The van der Waals surface area contributed by atoms with E-state index in [4.69, 9.17) is 5.73 Å². The van der Waals surface area contributed by atoms with Gasteiger partial charge < -0.3 is 10.6 Å². The molecule has 2 rings (SSSR count). The minimum atomic E-state index is 0.401. The van der Waals surface area contributed by atoms with E-state index >= 15 is 0 Å². The number of piperazine rings is 1. The van der Waals surface area contributed by atoms with E-state index in [0.717, 1.165) is 0 Å². The Hall–Kier alpha value is -0.120. The van der Waals surface area contributed by atoms with Gasteiger partial charge in [0.25, 0.3) is 0 Å². The zero-order valence-corrected chi connectivity index (χ0v) is 14.2.